The number of hydrogen-bond acceptors (Lipinski definition) is 2. The molecule has 0 aromatic heterocycles. The second-order valence-corrected chi connectivity index (χ2v) is 3.75. The summed E-state index contributed by atoms with van der Waals surface area (Å²) in [6.07, 6.45) is -0.227. The van der Waals surface area contributed by atoms with E-state index in [1.165, 1.54) is 0 Å². The first-order valence-electron chi connectivity index (χ1n) is 3.24. The van der Waals surface area contributed by atoms with Gasteiger partial charge in [0, 0.05) is 6.54 Å². The van der Waals surface area contributed by atoms with Crippen molar-refractivity contribution in [3.05, 3.63) is 0 Å². The second kappa shape index (κ2) is 4.09. The van der Waals surface area contributed by atoms with E-state index in [1.807, 2.05) is 0 Å². The minimum Gasteiger partial charge on any atom is -0.312 e. The van der Waals surface area contributed by atoms with Gasteiger partial charge in [-0.15, -0.1) is 0 Å². The Kier molecular flexibility index (Phi) is 4.13. The molecule has 0 rings (SSSR count). The Balaban J connectivity index is 3.75. The molecular weight excluding hydrogens is 153 g/mol. The summed E-state index contributed by atoms with van der Waals surface area (Å²) in [5, 5.41) is 2.34. The molecule has 0 fully saturated rings. The Morgan fingerprint density at radius 3 is 2.50 bits per heavy atom. The summed E-state index contributed by atoms with van der Waals surface area (Å²) in [4.78, 5) is 8.91. The molecule has 62 valence electrons. The number of hydrogen-bond donors (Lipinski definition) is 2. The van der Waals surface area contributed by atoms with Crippen molar-refractivity contribution >= 4 is 7.75 Å². The zero-order valence-corrected chi connectivity index (χ0v) is 7.39. The Morgan fingerprint density at radius 1 is 1.70 bits per heavy atom. The van der Waals surface area contributed by atoms with E-state index in [0.29, 0.717) is 6.54 Å². The van der Waals surface area contributed by atoms with Gasteiger partial charge in [0.25, 0.3) is 0 Å². The average molecular weight is 167 g/mol. The number of nitrogens with one attached hydrogen (secondary N) is 1. The Morgan fingerprint density at radius 2 is 2.20 bits per heavy atom. The molecule has 0 aromatic carbocycles. The van der Waals surface area contributed by atoms with Crippen molar-refractivity contribution in [2.24, 2.45) is 0 Å². The Bertz CT molecular complexity index is 137. The van der Waals surface area contributed by atoms with Crippen LogP contribution in [0.1, 0.15) is 20.8 Å². The molecule has 0 bridgehead atoms. The SMILES string of the molecule is CCNP(=O)(O)OC(C)C. The monoisotopic (exact) mass is 167 g/mol. The van der Waals surface area contributed by atoms with E-state index < -0.39 is 7.75 Å². The zero-order chi connectivity index (χ0) is 8.20. The van der Waals surface area contributed by atoms with Crippen molar-refractivity contribution in [2.75, 3.05) is 6.54 Å². The maximum absolute atomic E-state index is 10.8. The van der Waals surface area contributed by atoms with Crippen LogP contribution in [0.2, 0.25) is 0 Å². The normalized spacial score (nSPS) is 17.3. The predicted molar refractivity (Wildman–Crippen MR) is 39.7 cm³/mol. The summed E-state index contributed by atoms with van der Waals surface area (Å²) in [6, 6.07) is 0. The molecule has 0 aliphatic rings. The maximum atomic E-state index is 10.8. The first-order chi connectivity index (χ1) is 4.48. The lowest BCUT2D eigenvalue weighted by Gasteiger charge is -2.13. The topological polar surface area (TPSA) is 58.6 Å². The summed E-state index contributed by atoms with van der Waals surface area (Å²) in [7, 11) is -3.50. The van der Waals surface area contributed by atoms with Crippen LogP contribution in [0.4, 0.5) is 0 Å². The smallest absolute Gasteiger partial charge is 0.312 e. The third kappa shape index (κ3) is 4.94. The van der Waals surface area contributed by atoms with E-state index in [1.54, 1.807) is 20.8 Å². The third-order valence-corrected chi connectivity index (χ3v) is 2.13. The predicted octanol–water partition coefficient (Wildman–Crippen LogP) is 1.12. The molecule has 4 nitrogen and oxygen atoms in total. The van der Waals surface area contributed by atoms with Gasteiger partial charge in [-0.3, -0.25) is 4.52 Å². The number of rotatable bonds is 4. The first-order valence-corrected chi connectivity index (χ1v) is 4.82. The van der Waals surface area contributed by atoms with Gasteiger partial charge in [0.05, 0.1) is 6.10 Å². The summed E-state index contributed by atoms with van der Waals surface area (Å²) in [6.45, 7) is 5.59. The van der Waals surface area contributed by atoms with Crippen molar-refractivity contribution in [3.63, 3.8) is 0 Å². The van der Waals surface area contributed by atoms with Gasteiger partial charge in [-0.2, -0.15) is 0 Å². The van der Waals surface area contributed by atoms with Crippen LogP contribution in [0.15, 0.2) is 0 Å². The van der Waals surface area contributed by atoms with Crippen molar-refractivity contribution in [2.45, 2.75) is 26.9 Å². The van der Waals surface area contributed by atoms with E-state index in [4.69, 9.17) is 4.89 Å². The van der Waals surface area contributed by atoms with Gasteiger partial charge < -0.3 is 4.89 Å². The molecule has 0 saturated heterocycles. The van der Waals surface area contributed by atoms with E-state index >= 15 is 0 Å². The van der Waals surface area contributed by atoms with Gasteiger partial charge in [0.1, 0.15) is 0 Å². The van der Waals surface area contributed by atoms with E-state index in [-0.39, 0.29) is 6.10 Å². The summed E-state index contributed by atoms with van der Waals surface area (Å²) in [5.41, 5.74) is 0. The van der Waals surface area contributed by atoms with Crippen LogP contribution in [-0.2, 0) is 9.09 Å². The van der Waals surface area contributed by atoms with Gasteiger partial charge in [-0.05, 0) is 13.8 Å². The van der Waals surface area contributed by atoms with Crippen molar-refractivity contribution < 1.29 is 14.0 Å². The van der Waals surface area contributed by atoms with E-state index in [9.17, 15) is 4.57 Å². The van der Waals surface area contributed by atoms with Crippen LogP contribution in [0.3, 0.4) is 0 Å². The Hall–Kier alpha value is 0.110. The highest BCUT2D eigenvalue weighted by atomic mass is 31.2. The second-order valence-electron chi connectivity index (χ2n) is 2.19. The largest absolute Gasteiger partial charge is 0.403 e. The third-order valence-electron chi connectivity index (χ3n) is 0.712. The molecule has 0 aliphatic carbocycles. The van der Waals surface area contributed by atoms with Gasteiger partial charge in [-0.1, -0.05) is 6.92 Å². The van der Waals surface area contributed by atoms with Crippen molar-refractivity contribution in [1.82, 2.24) is 5.09 Å². The van der Waals surface area contributed by atoms with Gasteiger partial charge >= 0.3 is 7.75 Å². The summed E-state index contributed by atoms with van der Waals surface area (Å²) in [5.74, 6) is 0. The van der Waals surface area contributed by atoms with Crippen molar-refractivity contribution in [3.8, 4) is 0 Å². The minimum atomic E-state index is -3.50. The van der Waals surface area contributed by atoms with Crippen LogP contribution in [0, 0.1) is 0 Å². The van der Waals surface area contributed by atoms with Crippen molar-refractivity contribution in [1.29, 1.82) is 0 Å². The summed E-state index contributed by atoms with van der Waals surface area (Å²) >= 11 is 0. The fraction of sp³-hybridized carbons (Fsp3) is 1.00. The van der Waals surface area contributed by atoms with E-state index in [0.717, 1.165) is 0 Å². The highest BCUT2D eigenvalue weighted by Crippen LogP contribution is 2.37. The zero-order valence-electron chi connectivity index (χ0n) is 6.50. The summed E-state index contributed by atoms with van der Waals surface area (Å²) < 4.78 is 15.5. The van der Waals surface area contributed by atoms with Crippen LogP contribution < -0.4 is 5.09 Å². The molecule has 10 heavy (non-hydrogen) atoms. The quantitative estimate of drug-likeness (QED) is 0.616. The van der Waals surface area contributed by atoms with Crippen LogP contribution in [0.5, 0.6) is 0 Å². The fourth-order valence-electron chi connectivity index (χ4n) is 0.523. The van der Waals surface area contributed by atoms with Gasteiger partial charge in [0.2, 0.25) is 0 Å². The van der Waals surface area contributed by atoms with Crippen LogP contribution in [-0.4, -0.2) is 17.5 Å². The molecule has 2 N–H and O–H groups in total. The molecular formula is C5H14NO3P. The fourth-order valence-corrected chi connectivity index (χ4v) is 1.57. The van der Waals surface area contributed by atoms with Crippen LogP contribution >= 0.6 is 7.75 Å². The molecule has 0 spiro atoms. The van der Waals surface area contributed by atoms with Crippen LogP contribution in [0.25, 0.3) is 0 Å². The lowest BCUT2D eigenvalue weighted by molar-refractivity contribution is 0.198. The highest BCUT2D eigenvalue weighted by molar-refractivity contribution is 7.50. The lowest BCUT2D eigenvalue weighted by Crippen LogP contribution is -2.14. The molecule has 1 atom stereocenters. The molecule has 0 heterocycles. The van der Waals surface area contributed by atoms with Gasteiger partial charge in [-0.25, -0.2) is 9.65 Å². The maximum Gasteiger partial charge on any atom is 0.403 e. The molecule has 0 aliphatic heterocycles. The first kappa shape index (κ1) is 10.1. The molecule has 0 aromatic rings. The molecule has 1 unspecified atom stereocenters. The standard InChI is InChI=1S/C5H14NO3P/c1-4-6-10(7,8)9-5(2)3/h5H,4H2,1-3H3,(H2,6,7,8). The molecule has 0 radical (unpaired) electrons. The molecule has 0 saturated carbocycles. The minimum absolute atomic E-state index is 0.227. The lowest BCUT2D eigenvalue weighted by atomic mass is 10.5. The van der Waals surface area contributed by atoms with E-state index in [2.05, 4.69) is 9.61 Å². The molecule has 5 heteroatoms. The van der Waals surface area contributed by atoms with Gasteiger partial charge in [0.15, 0.2) is 0 Å². The average Bonchev–Trinajstić information content (AvgIpc) is 1.59. The molecule has 0 amide bonds. The Labute approximate surface area is 61.2 Å². The highest BCUT2D eigenvalue weighted by Gasteiger charge is 2.18.